The van der Waals surface area contributed by atoms with Gasteiger partial charge in [-0.3, -0.25) is 10.1 Å². The molecule has 0 radical (unpaired) electrons. The number of benzene rings is 1. The van der Waals surface area contributed by atoms with Gasteiger partial charge in [-0.25, -0.2) is 4.79 Å². The molecule has 6 heteroatoms. The molecule has 0 fully saturated rings. The van der Waals surface area contributed by atoms with E-state index in [0.29, 0.717) is 12.2 Å². The second kappa shape index (κ2) is 7.68. The highest BCUT2D eigenvalue weighted by Gasteiger charge is 2.05. The number of urea groups is 1. The van der Waals surface area contributed by atoms with Crippen molar-refractivity contribution in [2.24, 2.45) is 0 Å². The summed E-state index contributed by atoms with van der Waals surface area (Å²) in [5.74, 6) is 0. The van der Waals surface area contributed by atoms with E-state index in [-0.39, 0.29) is 11.7 Å². The maximum absolute atomic E-state index is 11.5. The predicted molar refractivity (Wildman–Crippen MR) is 73.1 cm³/mol. The molecule has 0 heterocycles. The van der Waals surface area contributed by atoms with Crippen LogP contribution in [0.25, 0.3) is 0 Å². The topological polar surface area (TPSA) is 84.3 Å². The molecule has 100 valence electrons. The van der Waals surface area contributed by atoms with Crippen LogP contribution in [0.5, 0.6) is 0 Å². The van der Waals surface area contributed by atoms with E-state index in [2.05, 4.69) is 22.9 Å². The van der Waals surface area contributed by atoms with Crippen molar-refractivity contribution in [2.45, 2.75) is 12.8 Å². The van der Waals surface area contributed by atoms with Gasteiger partial charge in [-0.05, 0) is 31.1 Å². The van der Waals surface area contributed by atoms with Crippen LogP contribution in [-0.4, -0.2) is 17.5 Å². The number of carbonyl (C=O) groups excluding carboxylic acids is 1. The Morgan fingerprint density at radius 1 is 1.42 bits per heavy atom. The lowest BCUT2D eigenvalue weighted by molar-refractivity contribution is -0.384. The molecular weight excluding hydrogens is 246 g/mol. The van der Waals surface area contributed by atoms with Crippen molar-refractivity contribution < 1.29 is 9.72 Å². The number of hydrogen-bond acceptors (Lipinski definition) is 3. The lowest BCUT2D eigenvalue weighted by atomic mass is 10.3. The van der Waals surface area contributed by atoms with Crippen molar-refractivity contribution in [3.8, 4) is 0 Å². The number of non-ortho nitro benzene ring substituents is 1. The number of allylic oxidation sites excluding steroid dienone is 1. The van der Waals surface area contributed by atoms with Gasteiger partial charge in [-0.2, -0.15) is 0 Å². The highest BCUT2D eigenvalue weighted by atomic mass is 16.6. The van der Waals surface area contributed by atoms with Crippen LogP contribution < -0.4 is 10.6 Å². The lowest BCUT2D eigenvalue weighted by Crippen LogP contribution is -2.29. The van der Waals surface area contributed by atoms with Crippen molar-refractivity contribution in [1.82, 2.24) is 5.32 Å². The standard InChI is InChI=1S/C13H15N3O3/c1-2-3-4-5-10-14-13(17)15-11-6-8-12(9-7-11)16(18)19/h3,6-9H,1,4-5,10H2,(H2,14,15,17). The van der Waals surface area contributed by atoms with E-state index >= 15 is 0 Å². The minimum absolute atomic E-state index is 0.0119. The van der Waals surface area contributed by atoms with Gasteiger partial charge in [0.25, 0.3) is 5.69 Å². The van der Waals surface area contributed by atoms with Crippen LogP contribution in [0.3, 0.4) is 0 Å². The number of nitro benzene ring substituents is 1. The molecule has 0 aliphatic rings. The summed E-state index contributed by atoms with van der Waals surface area (Å²) in [6, 6.07) is 5.31. The van der Waals surface area contributed by atoms with Gasteiger partial charge >= 0.3 is 6.03 Å². The van der Waals surface area contributed by atoms with Gasteiger partial charge in [0.05, 0.1) is 4.92 Å². The van der Waals surface area contributed by atoms with Gasteiger partial charge in [0.1, 0.15) is 0 Å². The zero-order chi connectivity index (χ0) is 14.1. The molecule has 19 heavy (non-hydrogen) atoms. The number of anilines is 1. The zero-order valence-electron chi connectivity index (χ0n) is 10.4. The number of hydrogen-bond donors (Lipinski definition) is 2. The molecule has 0 aliphatic heterocycles. The molecule has 0 aromatic heterocycles. The first-order valence-electron chi connectivity index (χ1n) is 5.77. The molecule has 2 amide bonds. The number of nitrogens with zero attached hydrogens (tertiary/aromatic N) is 1. The Labute approximate surface area is 111 Å². The van der Waals surface area contributed by atoms with Crippen LogP contribution >= 0.6 is 0 Å². The summed E-state index contributed by atoms with van der Waals surface area (Å²) in [4.78, 5) is 21.4. The smallest absolute Gasteiger partial charge is 0.319 e. The first-order chi connectivity index (χ1) is 9.13. The Bertz CT molecular complexity index is 490. The molecule has 0 bridgehead atoms. The van der Waals surface area contributed by atoms with Gasteiger partial charge in [0.15, 0.2) is 0 Å². The van der Waals surface area contributed by atoms with E-state index in [1.54, 1.807) is 6.08 Å². The zero-order valence-corrected chi connectivity index (χ0v) is 10.4. The van der Waals surface area contributed by atoms with Gasteiger partial charge < -0.3 is 10.6 Å². The monoisotopic (exact) mass is 261 g/mol. The molecule has 2 N–H and O–H groups in total. The van der Waals surface area contributed by atoms with Crippen molar-refractivity contribution in [3.05, 3.63) is 52.8 Å². The quantitative estimate of drug-likeness (QED) is 0.357. The number of unbranched alkanes of at least 4 members (excludes halogenated alkanes) is 1. The van der Waals surface area contributed by atoms with Crippen molar-refractivity contribution in [3.63, 3.8) is 0 Å². The van der Waals surface area contributed by atoms with E-state index in [9.17, 15) is 14.9 Å². The first-order valence-corrected chi connectivity index (χ1v) is 5.77. The summed E-state index contributed by atoms with van der Waals surface area (Å²) < 4.78 is 0. The summed E-state index contributed by atoms with van der Waals surface area (Å²) in [7, 11) is 0. The van der Waals surface area contributed by atoms with E-state index < -0.39 is 4.92 Å². The van der Waals surface area contributed by atoms with Gasteiger partial charge in [0.2, 0.25) is 0 Å². The maximum Gasteiger partial charge on any atom is 0.319 e. The van der Waals surface area contributed by atoms with E-state index in [0.717, 1.165) is 12.8 Å². The van der Waals surface area contributed by atoms with E-state index in [4.69, 9.17) is 0 Å². The summed E-state index contributed by atoms with van der Waals surface area (Å²) >= 11 is 0. The van der Waals surface area contributed by atoms with Crippen molar-refractivity contribution in [1.29, 1.82) is 0 Å². The third-order valence-electron chi connectivity index (χ3n) is 2.29. The molecule has 0 atom stereocenters. The maximum atomic E-state index is 11.5. The second-order valence-electron chi connectivity index (χ2n) is 3.74. The largest absolute Gasteiger partial charge is 0.338 e. The Morgan fingerprint density at radius 2 is 2.11 bits per heavy atom. The molecule has 0 aliphatic carbocycles. The fourth-order valence-corrected chi connectivity index (χ4v) is 1.35. The van der Waals surface area contributed by atoms with Crippen molar-refractivity contribution in [2.75, 3.05) is 11.9 Å². The molecule has 6 nitrogen and oxygen atoms in total. The Hall–Kier alpha value is -2.59. The summed E-state index contributed by atoms with van der Waals surface area (Å²) in [6.07, 6.45) is 3.41. The minimum Gasteiger partial charge on any atom is -0.338 e. The predicted octanol–water partition coefficient (Wildman–Crippen LogP) is 2.84. The molecule has 0 spiro atoms. The average Bonchev–Trinajstić information content (AvgIpc) is 2.39. The second-order valence-corrected chi connectivity index (χ2v) is 3.74. The summed E-state index contributed by atoms with van der Waals surface area (Å²) in [5, 5.41) is 15.7. The SMILES string of the molecule is C=C=CCCCNC(=O)Nc1ccc([N+](=O)[O-])cc1. The highest BCUT2D eigenvalue weighted by Crippen LogP contribution is 2.15. The normalized spacial score (nSPS) is 9.26. The van der Waals surface area contributed by atoms with Crippen LogP contribution in [-0.2, 0) is 0 Å². The fraction of sp³-hybridized carbons (Fsp3) is 0.231. The minimum atomic E-state index is -0.489. The van der Waals surface area contributed by atoms with Crippen LogP contribution in [0, 0.1) is 10.1 Å². The van der Waals surface area contributed by atoms with E-state index in [1.807, 2.05) is 0 Å². The fourth-order valence-electron chi connectivity index (χ4n) is 1.35. The highest BCUT2D eigenvalue weighted by molar-refractivity contribution is 5.89. The Balaban J connectivity index is 2.35. The molecule has 1 aromatic rings. The lowest BCUT2D eigenvalue weighted by Gasteiger charge is -2.06. The van der Waals surface area contributed by atoms with Crippen LogP contribution in [0.2, 0.25) is 0 Å². The molecule has 0 saturated heterocycles. The third kappa shape index (κ3) is 5.52. The molecule has 0 saturated carbocycles. The molecule has 0 unspecified atom stereocenters. The average molecular weight is 261 g/mol. The first kappa shape index (κ1) is 14.5. The number of nitro groups is 1. The van der Waals surface area contributed by atoms with Crippen LogP contribution in [0.1, 0.15) is 12.8 Å². The Kier molecular flexibility index (Phi) is 5.85. The van der Waals surface area contributed by atoms with Crippen molar-refractivity contribution >= 4 is 17.4 Å². The van der Waals surface area contributed by atoms with Gasteiger partial charge in [-0.15, -0.1) is 5.73 Å². The van der Waals surface area contributed by atoms with Gasteiger partial charge in [0, 0.05) is 24.4 Å². The molecular formula is C13H15N3O3. The molecule has 1 aromatic carbocycles. The number of nitrogens with one attached hydrogen (secondary N) is 2. The number of carbonyl (C=O) groups is 1. The molecule has 1 rings (SSSR count). The summed E-state index contributed by atoms with van der Waals surface area (Å²) in [6.45, 7) is 3.98. The van der Waals surface area contributed by atoms with E-state index in [1.165, 1.54) is 24.3 Å². The number of amides is 2. The number of rotatable bonds is 6. The third-order valence-corrected chi connectivity index (χ3v) is 2.29. The van der Waals surface area contributed by atoms with Crippen LogP contribution in [0.4, 0.5) is 16.2 Å². The van der Waals surface area contributed by atoms with Gasteiger partial charge in [-0.1, -0.05) is 6.58 Å². The van der Waals surface area contributed by atoms with Crippen LogP contribution in [0.15, 0.2) is 42.7 Å². The Morgan fingerprint density at radius 3 is 2.68 bits per heavy atom. The summed E-state index contributed by atoms with van der Waals surface area (Å²) in [5.41, 5.74) is 3.15.